The summed E-state index contributed by atoms with van der Waals surface area (Å²) in [6.07, 6.45) is 0.902. The van der Waals surface area contributed by atoms with Crippen molar-refractivity contribution in [3.63, 3.8) is 0 Å². The predicted molar refractivity (Wildman–Crippen MR) is 82.9 cm³/mol. The fourth-order valence-corrected chi connectivity index (χ4v) is 2.95. The molecular formula is C12H20ClN5OS. The minimum Gasteiger partial charge on any atom is -0.463 e. The lowest BCUT2D eigenvalue weighted by molar-refractivity contribution is 0.291. The van der Waals surface area contributed by atoms with Crippen LogP contribution in [0.2, 0.25) is 5.28 Å². The molecule has 2 heterocycles. The van der Waals surface area contributed by atoms with Crippen molar-refractivity contribution in [2.24, 2.45) is 0 Å². The Bertz CT molecular complexity index is 417. The number of hydrogen-bond donors (Lipinski definition) is 1. The number of nitrogens with zero attached hydrogens (tertiary/aromatic N) is 4. The number of hydrogen-bond acceptors (Lipinski definition) is 7. The highest BCUT2D eigenvalue weighted by molar-refractivity contribution is 7.99. The number of nitrogens with one attached hydrogen (secondary N) is 1. The van der Waals surface area contributed by atoms with Gasteiger partial charge in [-0.25, -0.2) is 0 Å². The molecule has 0 unspecified atom stereocenters. The third-order valence-electron chi connectivity index (χ3n) is 2.84. The van der Waals surface area contributed by atoms with Gasteiger partial charge in [0, 0.05) is 37.7 Å². The second kappa shape index (κ2) is 8.49. The van der Waals surface area contributed by atoms with E-state index in [0.717, 1.165) is 32.6 Å². The Morgan fingerprint density at radius 2 is 2.10 bits per heavy atom. The van der Waals surface area contributed by atoms with Crippen LogP contribution in [0.5, 0.6) is 6.01 Å². The largest absolute Gasteiger partial charge is 0.463 e. The fraction of sp³-hybridized carbons (Fsp3) is 0.750. The number of thioether (sulfide) groups is 1. The maximum Gasteiger partial charge on any atom is 0.322 e. The van der Waals surface area contributed by atoms with Crippen molar-refractivity contribution in [2.75, 3.05) is 49.6 Å². The van der Waals surface area contributed by atoms with E-state index >= 15 is 0 Å². The highest BCUT2D eigenvalue weighted by atomic mass is 35.5. The van der Waals surface area contributed by atoms with E-state index in [1.54, 1.807) is 0 Å². The zero-order chi connectivity index (χ0) is 14.2. The third kappa shape index (κ3) is 5.30. The first kappa shape index (κ1) is 15.6. The van der Waals surface area contributed by atoms with E-state index in [2.05, 4.69) is 25.2 Å². The van der Waals surface area contributed by atoms with Gasteiger partial charge in [0.2, 0.25) is 11.2 Å². The molecule has 0 atom stereocenters. The molecule has 0 amide bonds. The molecule has 112 valence electrons. The van der Waals surface area contributed by atoms with Gasteiger partial charge < -0.3 is 10.1 Å². The fourth-order valence-electron chi connectivity index (χ4n) is 1.82. The molecule has 0 aliphatic carbocycles. The van der Waals surface area contributed by atoms with Gasteiger partial charge in [0.15, 0.2) is 0 Å². The summed E-state index contributed by atoms with van der Waals surface area (Å²) in [5, 5.41) is 3.33. The Morgan fingerprint density at radius 1 is 1.30 bits per heavy atom. The summed E-state index contributed by atoms with van der Waals surface area (Å²) in [5.41, 5.74) is 0. The van der Waals surface area contributed by atoms with Crippen molar-refractivity contribution >= 4 is 29.3 Å². The average molecular weight is 318 g/mol. The Kier molecular flexibility index (Phi) is 6.62. The first-order valence-electron chi connectivity index (χ1n) is 6.86. The second-order valence-corrected chi connectivity index (χ2v) is 6.00. The molecule has 1 aromatic heterocycles. The monoisotopic (exact) mass is 317 g/mol. The van der Waals surface area contributed by atoms with E-state index in [1.807, 2.05) is 18.7 Å². The van der Waals surface area contributed by atoms with Crippen LogP contribution in [0, 0.1) is 0 Å². The Morgan fingerprint density at radius 3 is 2.85 bits per heavy atom. The van der Waals surface area contributed by atoms with Gasteiger partial charge in [-0.05, 0) is 18.0 Å². The maximum absolute atomic E-state index is 5.86. The summed E-state index contributed by atoms with van der Waals surface area (Å²) < 4.78 is 5.37. The van der Waals surface area contributed by atoms with Crippen LogP contribution in [0.1, 0.15) is 13.3 Å². The first-order valence-corrected chi connectivity index (χ1v) is 8.39. The topological polar surface area (TPSA) is 63.2 Å². The van der Waals surface area contributed by atoms with Crippen molar-refractivity contribution < 1.29 is 4.74 Å². The van der Waals surface area contributed by atoms with E-state index in [1.165, 1.54) is 11.5 Å². The first-order chi connectivity index (χ1) is 9.78. The smallest absolute Gasteiger partial charge is 0.322 e. The quantitative estimate of drug-likeness (QED) is 0.822. The molecule has 20 heavy (non-hydrogen) atoms. The molecule has 0 aromatic carbocycles. The van der Waals surface area contributed by atoms with Gasteiger partial charge in [-0.15, -0.1) is 0 Å². The van der Waals surface area contributed by atoms with Crippen LogP contribution >= 0.6 is 23.4 Å². The Hall–Kier alpha value is -0.790. The normalized spacial score (nSPS) is 16.1. The molecule has 2 rings (SSSR count). The van der Waals surface area contributed by atoms with Crippen LogP contribution in [-0.4, -0.2) is 64.1 Å². The molecule has 1 aliphatic rings. The molecular weight excluding hydrogens is 298 g/mol. The molecule has 1 fully saturated rings. The molecule has 8 heteroatoms. The van der Waals surface area contributed by atoms with Gasteiger partial charge in [-0.3, -0.25) is 4.90 Å². The number of rotatable bonds is 7. The molecule has 1 N–H and O–H groups in total. The van der Waals surface area contributed by atoms with Gasteiger partial charge in [0.25, 0.3) is 0 Å². The summed E-state index contributed by atoms with van der Waals surface area (Å²) >= 11 is 7.87. The van der Waals surface area contributed by atoms with Crippen LogP contribution < -0.4 is 10.1 Å². The summed E-state index contributed by atoms with van der Waals surface area (Å²) in [7, 11) is 0. The summed E-state index contributed by atoms with van der Waals surface area (Å²) in [6.45, 7) is 6.67. The number of ether oxygens (including phenoxy) is 1. The van der Waals surface area contributed by atoms with Crippen LogP contribution in [0.15, 0.2) is 0 Å². The van der Waals surface area contributed by atoms with Gasteiger partial charge in [-0.2, -0.15) is 26.7 Å². The van der Waals surface area contributed by atoms with Crippen LogP contribution in [-0.2, 0) is 0 Å². The summed E-state index contributed by atoms with van der Waals surface area (Å²) in [5.74, 6) is 2.90. The minimum absolute atomic E-state index is 0.156. The summed E-state index contributed by atoms with van der Waals surface area (Å²) in [6, 6.07) is 0.281. The highest BCUT2D eigenvalue weighted by Crippen LogP contribution is 2.12. The lowest BCUT2D eigenvalue weighted by Gasteiger charge is -2.25. The SMILES string of the molecule is CCCOc1nc(Cl)nc(NCCN2CCSCC2)n1. The molecule has 0 radical (unpaired) electrons. The average Bonchev–Trinajstić information content (AvgIpc) is 2.46. The maximum atomic E-state index is 5.86. The lowest BCUT2D eigenvalue weighted by atomic mass is 10.4. The van der Waals surface area contributed by atoms with E-state index in [-0.39, 0.29) is 11.3 Å². The van der Waals surface area contributed by atoms with Gasteiger partial charge in [0.05, 0.1) is 6.61 Å². The van der Waals surface area contributed by atoms with Crippen molar-refractivity contribution in [1.29, 1.82) is 0 Å². The highest BCUT2D eigenvalue weighted by Gasteiger charge is 2.10. The molecule has 0 saturated carbocycles. The third-order valence-corrected chi connectivity index (χ3v) is 3.95. The lowest BCUT2D eigenvalue weighted by Crippen LogP contribution is -2.36. The number of aromatic nitrogens is 3. The summed E-state index contributed by atoms with van der Waals surface area (Å²) in [4.78, 5) is 14.6. The molecule has 1 saturated heterocycles. The van der Waals surface area contributed by atoms with E-state index in [4.69, 9.17) is 16.3 Å². The van der Waals surface area contributed by atoms with Crippen molar-refractivity contribution in [3.05, 3.63) is 5.28 Å². The zero-order valence-corrected chi connectivity index (χ0v) is 13.2. The molecule has 0 spiro atoms. The Balaban J connectivity index is 1.80. The second-order valence-electron chi connectivity index (χ2n) is 4.44. The van der Waals surface area contributed by atoms with Crippen molar-refractivity contribution in [2.45, 2.75) is 13.3 Å². The minimum atomic E-state index is 0.156. The molecule has 0 bridgehead atoms. The van der Waals surface area contributed by atoms with Crippen LogP contribution in [0.4, 0.5) is 5.95 Å². The van der Waals surface area contributed by atoms with Gasteiger partial charge >= 0.3 is 6.01 Å². The van der Waals surface area contributed by atoms with E-state index in [0.29, 0.717) is 12.6 Å². The van der Waals surface area contributed by atoms with E-state index in [9.17, 15) is 0 Å². The van der Waals surface area contributed by atoms with Crippen LogP contribution in [0.25, 0.3) is 0 Å². The molecule has 6 nitrogen and oxygen atoms in total. The molecule has 1 aliphatic heterocycles. The van der Waals surface area contributed by atoms with Gasteiger partial charge in [0.1, 0.15) is 0 Å². The van der Waals surface area contributed by atoms with Crippen molar-refractivity contribution in [1.82, 2.24) is 19.9 Å². The zero-order valence-electron chi connectivity index (χ0n) is 11.6. The van der Waals surface area contributed by atoms with E-state index < -0.39 is 0 Å². The Labute approximate surface area is 128 Å². The standard InChI is InChI=1S/C12H20ClN5OS/c1-2-7-19-12-16-10(13)15-11(17-12)14-3-4-18-5-8-20-9-6-18/h2-9H2,1H3,(H,14,15,16,17). The van der Waals surface area contributed by atoms with Gasteiger partial charge in [-0.1, -0.05) is 6.92 Å². The number of halogens is 1. The number of anilines is 1. The molecule has 1 aromatic rings. The predicted octanol–water partition coefficient (Wildman–Crippen LogP) is 1.77. The van der Waals surface area contributed by atoms with Crippen molar-refractivity contribution in [3.8, 4) is 6.01 Å². The van der Waals surface area contributed by atoms with Crippen LogP contribution in [0.3, 0.4) is 0 Å².